The molecule has 0 aromatic heterocycles. The molecule has 0 aromatic rings. The third-order valence-electron chi connectivity index (χ3n) is 2.50. The van der Waals surface area contributed by atoms with Gasteiger partial charge in [-0.05, 0) is 26.0 Å². The summed E-state index contributed by atoms with van der Waals surface area (Å²) in [6, 6.07) is 0.317. The van der Waals surface area contributed by atoms with E-state index in [0.29, 0.717) is 6.04 Å². The van der Waals surface area contributed by atoms with Gasteiger partial charge in [0.15, 0.2) is 0 Å². The molecule has 0 amide bonds. The van der Waals surface area contributed by atoms with E-state index in [2.05, 4.69) is 25.2 Å². The zero-order valence-corrected chi connectivity index (χ0v) is 9.38. The molecule has 0 spiro atoms. The van der Waals surface area contributed by atoms with Gasteiger partial charge in [-0.1, -0.05) is 6.92 Å². The molecule has 3 nitrogen and oxygen atoms in total. The molecule has 0 aliphatic carbocycles. The van der Waals surface area contributed by atoms with Gasteiger partial charge in [0.25, 0.3) is 0 Å². The highest BCUT2D eigenvalue weighted by molar-refractivity contribution is 5.07. The van der Waals surface area contributed by atoms with Gasteiger partial charge < -0.3 is 14.8 Å². The molecule has 1 aliphatic rings. The molecule has 0 bridgehead atoms. The zero-order chi connectivity index (χ0) is 10.4. The fourth-order valence-corrected chi connectivity index (χ4v) is 1.65. The van der Waals surface area contributed by atoms with Crippen molar-refractivity contribution in [2.75, 3.05) is 20.3 Å². The van der Waals surface area contributed by atoms with Crippen molar-refractivity contribution in [2.24, 2.45) is 0 Å². The van der Waals surface area contributed by atoms with E-state index in [1.807, 2.05) is 0 Å². The van der Waals surface area contributed by atoms with Crippen molar-refractivity contribution in [2.45, 2.75) is 38.8 Å². The molecule has 1 aliphatic heterocycles. The van der Waals surface area contributed by atoms with Gasteiger partial charge in [-0.2, -0.15) is 0 Å². The van der Waals surface area contributed by atoms with Gasteiger partial charge in [-0.25, -0.2) is 0 Å². The second-order valence-corrected chi connectivity index (χ2v) is 3.64. The minimum atomic E-state index is 0.268. The highest BCUT2D eigenvalue weighted by Crippen LogP contribution is 2.17. The van der Waals surface area contributed by atoms with Crippen LogP contribution < -0.4 is 5.32 Å². The van der Waals surface area contributed by atoms with Crippen LogP contribution in [0.25, 0.3) is 0 Å². The summed E-state index contributed by atoms with van der Waals surface area (Å²) in [5.41, 5.74) is 0. The van der Waals surface area contributed by atoms with Gasteiger partial charge in [0.05, 0.1) is 18.8 Å². The summed E-state index contributed by atoms with van der Waals surface area (Å²) < 4.78 is 10.8. The van der Waals surface area contributed by atoms with Gasteiger partial charge in [-0.15, -0.1) is 0 Å². The Labute approximate surface area is 86.5 Å². The summed E-state index contributed by atoms with van der Waals surface area (Å²) in [5.74, 6) is 1.09. The standard InChI is InChI=1S/C11H21NO2/c1-4-12-10(8-9(2)13-3)11-6-5-7-14-11/h6,9-10,12H,4-5,7-8H2,1-3H3. The lowest BCUT2D eigenvalue weighted by molar-refractivity contribution is 0.0950. The predicted octanol–water partition coefficient (Wildman–Crippen LogP) is 1.69. The van der Waals surface area contributed by atoms with Gasteiger partial charge >= 0.3 is 0 Å². The van der Waals surface area contributed by atoms with Crippen LogP contribution in [0.2, 0.25) is 0 Å². The van der Waals surface area contributed by atoms with Crippen LogP contribution in [0, 0.1) is 0 Å². The Morgan fingerprint density at radius 3 is 2.93 bits per heavy atom. The minimum absolute atomic E-state index is 0.268. The zero-order valence-electron chi connectivity index (χ0n) is 9.38. The highest BCUT2D eigenvalue weighted by atomic mass is 16.5. The molecule has 0 saturated carbocycles. The van der Waals surface area contributed by atoms with Crippen molar-refractivity contribution in [1.29, 1.82) is 0 Å². The second kappa shape index (κ2) is 6.04. The van der Waals surface area contributed by atoms with Crippen LogP contribution in [0.4, 0.5) is 0 Å². The first-order chi connectivity index (χ1) is 6.77. The highest BCUT2D eigenvalue weighted by Gasteiger charge is 2.20. The monoisotopic (exact) mass is 199 g/mol. The Morgan fingerprint density at radius 2 is 2.43 bits per heavy atom. The average Bonchev–Trinajstić information content (AvgIpc) is 2.69. The summed E-state index contributed by atoms with van der Waals surface area (Å²) in [4.78, 5) is 0. The quantitative estimate of drug-likeness (QED) is 0.706. The number of hydrogen-bond acceptors (Lipinski definition) is 3. The van der Waals surface area contributed by atoms with Crippen LogP contribution in [0.5, 0.6) is 0 Å². The molecule has 2 unspecified atom stereocenters. The smallest absolute Gasteiger partial charge is 0.109 e. The molecule has 82 valence electrons. The fraction of sp³-hybridized carbons (Fsp3) is 0.818. The summed E-state index contributed by atoms with van der Waals surface area (Å²) in [6.45, 7) is 5.99. The van der Waals surface area contributed by atoms with E-state index in [-0.39, 0.29) is 6.10 Å². The van der Waals surface area contributed by atoms with Crippen LogP contribution in [0.1, 0.15) is 26.7 Å². The summed E-state index contributed by atoms with van der Waals surface area (Å²) >= 11 is 0. The third kappa shape index (κ3) is 3.31. The molecule has 1 heterocycles. The Kier molecular flexibility index (Phi) is 4.98. The number of ether oxygens (including phenoxy) is 2. The molecule has 0 saturated heterocycles. The van der Waals surface area contributed by atoms with E-state index in [1.54, 1.807) is 7.11 Å². The molecule has 2 atom stereocenters. The normalized spacial score (nSPS) is 20.1. The summed E-state index contributed by atoms with van der Waals surface area (Å²) in [6.07, 6.45) is 4.45. The maximum absolute atomic E-state index is 5.56. The molecule has 1 rings (SSSR count). The van der Waals surface area contributed by atoms with Crippen molar-refractivity contribution < 1.29 is 9.47 Å². The van der Waals surface area contributed by atoms with E-state index in [1.165, 1.54) is 0 Å². The van der Waals surface area contributed by atoms with E-state index in [4.69, 9.17) is 9.47 Å². The summed E-state index contributed by atoms with van der Waals surface area (Å²) in [5, 5.41) is 3.42. The molecule has 1 N–H and O–H groups in total. The molecule has 0 fully saturated rings. The van der Waals surface area contributed by atoms with Crippen LogP contribution >= 0.6 is 0 Å². The van der Waals surface area contributed by atoms with E-state index in [0.717, 1.165) is 31.8 Å². The van der Waals surface area contributed by atoms with E-state index >= 15 is 0 Å². The number of methoxy groups -OCH3 is 1. The maximum Gasteiger partial charge on any atom is 0.109 e. The van der Waals surface area contributed by atoms with Gasteiger partial charge in [0.1, 0.15) is 5.76 Å². The number of hydrogen-bond donors (Lipinski definition) is 1. The second-order valence-electron chi connectivity index (χ2n) is 3.64. The molecule has 3 heteroatoms. The predicted molar refractivity (Wildman–Crippen MR) is 57.2 cm³/mol. The Bertz CT molecular complexity index is 192. The molecule has 0 radical (unpaired) electrons. The Balaban J connectivity index is 2.45. The van der Waals surface area contributed by atoms with E-state index < -0.39 is 0 Å². The van der Waals surface area contributed by atoms with Gasteiger partial charge in [0, 0.05) is 13.5 Å². The molecular formula is C11H21NO2. The van der Waals surface area contributed by atoms with Crippen molar-refractivity contribution in [3.8, 4) is 0 Å². The minimum Gasteiger partial charge on any atom is -0.496 e. The lowest BCUT2D eigenvalue weighted by Gasteiger charge is -2.21. The molecular weight excluding hydrogens is 178 g/mol. The Hall–Kier alpha value is -0.540. The SMILES string of the molecule is CCNC(CC(C)OC)C1=CCCO1. The topological polar surface area (TPSA) is 30.5 Å². The van der Waals surface area contributed by atoms with Crippen molar-refractivity contribution in [1.82, 2.24) is 5.32 Å². The first-order valence-corrected chi connectivity index (χ1v) is 5.37. The van der Waals surface area contributed by atoms with Crippen LogP contribution in [-0.2, 0) is 9.47 Å². The number of rotatable bonds is 6. The Morgan fingerprint density at radius 1 is 1.64 bits per heavy atom. The number of likely N-dealkylation sites (N-methyl/N-ethyl adjacent to an activating group) is 1. The number of nitrogens with one attached hydrogen (secondary N) is 1. The van der Waals surface area contributed by atoms with Gasteiger partial charge in [-0.3, -0.25) is 0 Å². The first-order valence-electron chi connectivity index (χ1n) is 5.37. The van der Waals surface area contributed by atoms with Crippen molar-refractivity contribution >= 4 is 0 Å². The van der Waals surface area contributed by atoms with Crippen LogP contribution in [-0.4, -0.2) is 32.4 Å². The lowest BCUT2D eigenvalue weighted by atomic mass is 10.1. The largest absolute Gasteiger partial charge is 0.496 e. The molecule has 0 aromatic carbocycles. The average molecular weight is 199 g/mol. The summed E-state index contributed by atoms with van der Waals surface area (Å²) in [7, 11) is 1.75. The van der Waals surface area contributed by atoms with Crippen molar-refractivity contribution in [3.05, 3.63) is 11.8 Å². The lowest BCUT2D eigenvalue weighted by Crippen LogP contribution is -2.34. The van der Waals surface area contributed by atoms with Crippen molar-refractivity contribution in [3.63, 3.8) is 0 Å². The fourth-order valence-electron chi connectivity index (χ4n) is 1.65. The third-order valence-corrected chi connectivity index (χ3v) is 2.50. The van der Waals surface area contributed by atoms with E-state index in [9.17, 15) is 0 Å². The van der Waals surface area contributed by atoms with Gasteiger partial charge in [0.2, 0.25) is 0 Å². The van der Waals surface area contributed by atoms with Crippen LogP contribution in [0.15, 0.2) is 11.8 Å². The molecule has 14 heavy (non-hydrogen) atoms. The van der Waals surface area contributed by atoms with Crippen LogP contribution in [0.3, 0.4) is 0 Å². The first kappa shape index (κ1) is 11.5. The maximum atomic E-state index is 5.56.